The van der Waals surface area contributed by atoms with E-state index in [-0.39, 0.29) is 5.91 Å². The van der Waals surface area contributed by atoms with E-state index >= 15 is 0 Å². The summed E-state index contributed by atoms with van der Waals surface area (Å²) in [6, 6.07) is 0. The second-order valence-electron chi connectivity index (χ2n) is 4.50. The van der Waals surface area contributed by atoms with Crippen LogP contribution in [0.1, 0.15) is 36.7 Å². The third-order valence-electron chi connectivity index (χ3n) is 2.99. The molecule has 1 unspecified atom stereocenters. The number of hydrogen-bond donors (Lipinski definition) is 2. The Kier molecular flexibility index (Phi) is 2.91. The van der Waals surface area contributed by atoms with Crippen molar-refractivity contribution in [2.24, 2.45) is 0 Å². The van der Waals surface area contributed by atoms with E-state index in [1.54, 1.807) is 4.90 Å². The number of hydrogen-bond acceptors (Lipinski definition) is 4. The van der Waals surface area contributed by atoms with Crippen molar-refractivity contribution in [3.05, 3.63) is 11.9 Å². The highest BCUT2D eigenvalue weighted by Gasteiger charge is 2.28. The standard InChI is InChI=1S/C10H16N4O2/c1-10(16)3-2-5-14(6-4-10)9(15)8-7-11-13-12-8/h7,16H,2-6H2,1H3,(H,11,12,13). The first kappa shape index (κ1) is 11.1. The van der Waals surface area contributed by atoms with Crippen molar-refractivity contribution in [3.8, 4) is 0 Å². The van der Waals surface area contributed by atoms with Crippen molar-refractivity contribution >= 4 is 5.91 Å². The number of aromatic nitrogens is 3. The predicted octanol–water partition coefficient (Wildman–Crippen LogP) is 0.182. The number of amides is 1. The van der Waals surface area contributed by atoms with Crippen LogP contribution in [0.2, 0.25) is 0 Å². The highest BCUT2D eigenvalue weighted by molar-refractivity contribution is 5.91. The second-order valence-corrected chi connectivity index (χ2v) is 4.50. The fourth-order valence-electron chi connectivity index (χ4n) is 1.93. The molecule has 1 atom stereocenters. The Morgan fingerprint density at radius 1 is 1.56 bits per heavy atom. The molecule has 0 bridgehead atoms. The smallest absolute Gasteiger partial charge is 0.276 e. The summed E-state index contributed by atoms with van der Waals surface area (Å²) >= 11 is 0. The van der Waals surface area contributed by atoms with E-state index in [9.17, 15) is 9.90 Å². The summed E-state index contributed by atoms with van der Waals surface area (Å²) in [4.78, 5) is 13.7. The molecule has 0 radical (unpaired) electrons. The molecule has 1 aliphatic heterocycles. The lowest BCUT2D eigenvalue weighted by Crippen LogP contribution is -2.33. The van der Waals surface area contributed by atoms with Crippen LogP contribution in [0.25, 0.3) is 0 Å². The third-order valence-corrected chi connectivity index (χ3v) is 2.99. The molecular formula is C10H16N4O2. The number of H-pyrrole nitrogens is 1. The third kappa shape index (κ3) is 2.38. The number of carbonyl (C=O) groups excluding carboxylic acids is 1. The molecular weight excluding hydrogens is 208 g/mol. The number of rotatable bonds is 1. The molecule has 0 saturated carbocycles. The first-order valence-electron chi connectivity index (χ1n) is 5.46. The lowest BCUT2D eigenvalue weighted by atomic mass is 9.98. The van der Waals surface area contributed by atoms with Gasteiger partial charge in [-0.05, 0) is 26.2 Å². The van der Waals surface area contributed by atoms with Crippen LogP contribution in [0.15, 0.2) is 6.20 Å². The van der Waals surface area contributed by atoms with Gasteiger partial charge in [-0.2, -0.15) is 15.4 Å². The summed E-state index contributed by atoms with van der Waals surface area (Å²) in [5.74, 6) is -0.119. The monoisotopic (exact) mass is 224 g/mol. The minimum atomic E-state index is -0.654. The Labute approximate surface area is 93.6 Å². The van der Waals surface area contributed by atoms with Crippen LogP contribution >= 0.6 is 0 Å². The van der Waals surface area contributed by atoms with Gasteiger partial charge in [-0.15, -0.1) is 0 Å². The van der Waals surface area contributed by atoms with Gasteiger partial charge >= 0.3 is 0 Å². The van der Waals surface area contributed by atoms with Gasteiger partial charge in [0.25, 0.3) is 5.91 Å². The molecule has 2 N–H and O–H groups in total. The van der Waals surface area contributed by atoms with E-state index in [1.807, 2.05) is 6.92 Å². The van der Waals surface area contributed by atoms with E-state index in [0.717, 1.165) is 12.8 Å². The molecule has 2 heterocycles. The van der Waals surface area contributed by atoms with Gasteiger partial charge in [-0.25, -0.2) is 0 Å². The predicted molar refractivity (Wildman–Crippen MR) is 56.8 cm³/mol. The fraction of sp³-hybridized carbons (Fsp3) is 0.700. The zero-order valence-electron chi connectivity index (χ0n) is 9.31. The lowest BCUT2D eigenvalue weighted by molar-refractivity contribution is 0.0437. The fourth-order valence-corrected chi connectivity index (χ4v) is 1.93. The molecule has 0 spiro atoms. The van der Waals surface area contributed by atoms with Gasteiger partial charge in [0.05, 0.1) is 11.8 Å². The topological polar surface area (TPSA) is 82.1 Å². The highest BCUT2D eigenvalue weighted by atomic mass is 16.3. The van der Waals surface area contributed by atoms with Gasteiger partial charge in [-0.1, -0.05) is 0 Å². The van der Waals surface area contributed by atoms with E-state index in [0.29, 0.717) is 25.2 Å². The van der Waals surface area contributed by atoms with Crippen LogP contribution in [0.3, 0.4) is 0 Å². The molecule has 6 heteroatoms. The van der Waals surface area contributed by atoms with Crippen LogP contribution < -0.4 is 0 Å². The van der Waals surface area contributed by atoms with Gasteiger partial charge in [0.1, 0.15) is 0 Å². The zero-order valence-corrected chi connectivity index (χ0v) is 9.31. The quantitative estimate of drug-likeness (QED) is 0.713. The summed E-state index contributed by atoms with van der Waals surface area (Å²) < 4.78 is 0. The summed E-state index contributed by atoms with van der Waals surface area (Å²) in [5.41, 5.74) is -0.319. The van der Waals surface area contributed by atoms with E-state index in [4.69, 9.17) is 0 Å². The average Bonchev–Trinajstić information content (AvgIpc) is 2.69. The number of carbonyl (C=O) groups is 1. The van der Waals surface area contributed by atoms with Crippen molar-refractivity contribution < 1.29 is 9.90 Å². The highest BCUT2D eigenvalue weighted by Crippen LogP contribution is 2.21. The Balaban J connectivity index is 2.03. The number of aromatic amines is 1. The van der Waals surface area contributed by atoms with E-state index in [1.165, 1.54) is 6.20 Å². The number of likely N-dealkylation sites (tertiary alicyclic amines) is 1. The Bertz CT molecular complexity index is 361. The maximum Gasteiger partial charge on any atom is 0.276 e. The summed E-state index contributed by atoms with van der Waals surface area (Å²) in [5, 5.41) is 19.7. The molecule has 1 aliphatic rings. The van der Waals surface area contributed by atoms with E-state index in [2.05, 4.69) is 15.4 Å². The number of nitrogens with zero attached hydrogens (tertiary/aromatic N) is 3. The van der Waals surface area contributed by atoms with Crippen LogP contribution in [0, 0.1) is 0 Å². The van der Waals surface area contributed by atoms with Crippen molar-refractivity contribution in [1.29, 1.82) is 0 Å². The molecule has 0 aliphatic carbocycles. The molecule has 1 aromatic heterocycles. The number of aliphatic hydroxyl groups is 1. The molecule has 0 aromatic carbocycles. The normalized spacial score (nSPS) is 26.5. The van der Waals surface area contributed by atoms with Gasteiger partial charge in [-0.3, -0.25) is 4.79 Å². The van der Waals surface area contributed by atoms with Gasteiger partial charge in [0, 0.05) is 13.1 Å². The number of nitrogens with one attached hydrogen (secondary N) is 1. The molecule has 2 rings (SSSR count). The maximum atomic E-state index is 11.9. The van der Waals surface area contributed by atoms with Crippen molar-refractivity contribution in [2.75, 3.05) is 13.1 Å². The second kappa shape index (κ2) is 4.21. The van der Waals surface area contributed by atoms with Crippen LogP contribution in [-0.2, 0) is 0 Å². The first-order chi connectivity index (χ1) is 7.58. The van der Waals surface area contributed by atoms with Crippen molar-refractivity contribution in [2.45, 2.75) is 31.8 Å². The van der Waals surface area contributed by atoms with Crippen LogP contribution in [0.4, 0.5) is 0 Å². The largest absolute Gasteiger partial charge is 0.390 e. The molecule has 88 valence electrons. The van der Waals surface area contributed by atoms with Gasteiger partial charge < -0.3 is 10.0 Å². The lowest BCUT2D eigenvalue weighted by Gasteiger charge is -2.21. The van der Waals surface area contributed by atoms with Gasteiger partial charge in [0.15, 0.2) is 5.69 Å². The zero-order chi connectivity index (χ0) is 11.6. The van der Waals surface area contributed by atoms with Crippen molar-refractivity contribution in [1.82, 2.24) is 20.3 Å². The average molecular weight is 224 g/mol. The molecule has 16 heavy (non-hydrogen) atoms. The SMILES string of the molecule is CC1(O)CCCN(C(=O)c2cn[nH]n2)CC1. The van der Waals surface area contributed by atoms with Gasteiger partial charge in [0.2, 0.25) is 0 Å². The maximum absolute atomic E-state index is 11.9. The molecule has 6 nitrogen and oxygen atoms in total. The first-order valence-corrected chi connectivity index (χ1v) is 5.46. The Morgan fingerprint density at radius 3 is 3.06 bits per heavy atom. The summed E-state index contributed by atoms with van der Waals surface area (Å²) in [6.07, 6.45) is 3.58. The summed E-state index contributed by atoms with van der Waals surface area (Å²) in [7, 11) is 0. The molecule has 1 saturated heterocycles. The van der Waals surface area contributed by atoms with Crippen LogP contribution in [0.5, 0.6) is 0 Å². The minimum absolute atomic E-state index is 0.119. The summed E-state index contributed by atoms with van der Waals surface area (Å²) in [6.45, 7) is 3.05. The minimum Gasteiger partial charge on any atom is -0.390 e. The molecule has 1 aromatic rings. The molecule has 1 fully saturated rings. The Hall–Kier alpha value is -1.43. The van der Waals surface area contributed by atoms with Crippen molar-refractivity contribution in [3.63, 3.8) is 0 Å². The van der Waals surface area contributed by atoms with Crippen LogP contribution in [-0.4, -0.2) is 50.0 Å². The van der Waals surface area contributed by atoms with E-state index < -0.39 is 5.60 Å². The Morgan fingerprint density at radius 2 is 2.38 bits per heavy atom. The molecule has 1 amide bonds.